The number of aromatic nitrogens is 4. The molecule has 0 saturated carbocycles. The van der Waals surface area contributed by atoms with E-state index in [4.69, 9.17) is 5.11 Å². The molecule has 2 aromatic rings. The average Bonchev–Trinajstić information content (AvgIpc) is 2.83. The Bertz CT molecular complexity index is 863. The number of rotatable bonds is 4. The molecule has 23 heavy (non-hydrogen) atoms. The SMILES string of the molecule is Cn1nnnc1Sc1ccc(S(=O)(=O)C(F)(F)F)cc1C(=O)O. The van der Waals surface area contributed by atoms with Gasteiger partial charge in [-0.25, -0.2) is 17.9 Å². The van der Waals surface area contributed by atoms with Crippen molar-refractivity contribution in [2.75, 3.05) is 0 Å². The molecule has 1 heterocycles. The van der Waals surface area contributed by atoms with Crippen molar-refractivity contribution in [1.82, 2.24) is 20.2 Å². The van der Waals surface area contributed by atoms with Crippen LogP contribution in [0.25, 0.3) is 0 Å². The molecule has 0 atom stereocenters. The largest absolute Gasteiger partial charge is 0.501 e. The second-order valence-corrected chi connectivity index (χ2v) is 7.05. The molecule has 8 nitrogen and oxygen atoms in total. The number of alkyl halides is 3. The summed E-state index contributed by atoms with van der Waals surface area (Å²) >= 11 is 0.773. The number of benzene rings is 1. The van der Waals surface area contributed by atoms with Crippen LogP contribution in [0.2, 0.25) is 0 Å². The molecule has 0 amide bonds. The third kappa shape index (κ3) is 3.29. The molecule has 2 rings (SSSR count). The average molecular weight is 368 g/mol. The molecule has 0 radical (unpaired) electrons. The number of nitrogens with zero attached hydrogens (tertiary/aromatic N) is 4. The van der Waals surface area contributed by atoms with Crippen LogP contribution in [0.3, 0.4) is 0 Å². The van der Waals surface area contributed by atoms with Gasteiger partial charge in [0.2, 0.25) is 5.16 Å². The van der Waals surface area contributed by atoms with Crippen molar-refractivity contribution in [3.63, 3.8) is 0 Å². The van der Waals surface area contributed by atoms with Crippen LogP contribution in [-0.4, -0.2) is 45.2 Å². The molecule has 13 heteroatoms. The molecule has 1 aromatic carbocycles. The van der Waals surface area contributed by atoms with Crippen molar-refractivity contribution in [1.29, 1.82) is 0 Å². The molecule has 0 bridgehead atoms. The van der Waals surface area contributed by atoms with E-state index in [9.17, 15) is 26.4 Å². The number of carboxylic acid groups (broad SMARTS) is 1. The summed E-state index contributed by atoms with van der Waals surface area (Å²) in [5.41, 5.74) is -6.13. The fourth-order valence-electron chi connectivity index (χ4n) is 1.47. The molecular weight excluding hydrogens is 361 g/mol. The van der Waals surface area contributed by atoms with Crippen molar-refractivity contribution >= 4 is 27.6 Å². The predicted octanol–water partition coefficient (Wildman–Crippen LogP) is 1.35. The Balaban J connectivity index is 2.52. The lowest BCUT2D eigenvalue weighted by Gasteiger charge is -2.10. The van der Waals surface area contributed by atoms with E-state index in [1.165, 1.54) is 11.7 Å². The van der Waals surface area contributed by atoms with Gasteiger partial charge in [-0.3, -0.25) is 0 Å². The van der Waals surface area contributed by atoms with Crippen molar-refractivity contribution < 1.29 is 31.5 Å². The normalized spacial score (nSPS) is 12.3. The number of carbonyl (C=O) groups is 1. The van der Waals surface area contributed by atoms with Crippen LogP contribution in [0.15, 0.2) is 33.1 Å². The quantitative estimate of drug-likeness (QED) is 0.860. The third-order valence-corrected chi connectivity index (χ3v) is 5.17. The van der Waals surface area contributed by atoms with Gasteiger partial charge in [0.25, 0.3) is 9.84 Å². The van der Waals surface area contributed by atoms with Gasteiger partial charge < -0.3 is 5.11 Å². The number of aromatic carboxylic acids is 1. The molecule has 0 saturated heterocycles. The Morgan fingerprint density at radius 3 is 2.48 bits per heavy atom. The molecule has 0 spiro atoms. The minimum atomic E-state index is -5.64. The lowest BCUT2D eigenvalue weighted by atomic mass is 10.2. The molecule has 0 aliphatic carbocycles. The zero-order valence-electron chi connectivity index (χ0n) is 11.1. The van der Waals surface area contributed by atoms with Gasteiger partial charge in [-0.05, 0) is 40.4 Å². The summed E-state index contributed by atoms with van der Waals surface area (Å²) in [5, 5.41) is 19.7. The fourth-order valence-corrected chi connectivity index (χ4v) is 3.09. The molecule has 0 fully saturated rings. The number of hydrogen-bond acceptors (Lipinski definition) is 7. The Kier molecular flexibility index (Phi) is 4.34. The first-order chi connectivity index (χ1) is 10.5. The van der Waals surface area contributed by atoms with E-state index < -0.39 is 31.8 Å². The Morgan fingerprint density at radius 1 is 1.35 bits per heavy atom. The predicted molar refractivity (Wildman–Crippen MR) is 69.6 cm³/mol. The van der Waals surface area contributed by atoms with Crippen molar-refractivity contribution in [3.8, 4) is 0 Å². The summed E-state index contributed by atoms with van der Waals surface area (Å²) in [6.45, 7) is 0. The van der Waals surface area contributed by atoms with Crippen LogP contribution in [-0.2, 0) is 16.9 Å². The van der Waals surface area contributed by atoms with Gasteiger partial charge in [-0.15, -0.1) is 5.10 Å². The number of tetrazole rings is 1. The zero-order chi connectivity index (χ0) is 17.4. The highest BCUT2D eigenvalue weighted by molar-refractivity contribution is 7.99. The summed E-state index contributed by atoms with van der Waals surface area (Å²) in [5.74, 6) is -1.58. The van der Waals surface area contributed by atoms with Crippen LogP contribution >= 0.6 is 11.8 Å². The van der Waals surface area contributed by atoms with Gasteiger partial charge in [0.15, 0.2) is 0 Å². The fraction of sp³-hybridized carbons (Fsp3) is 0.200. The van der Waals surface area contributed by atoms with Crippen LogP contribution < -0.4 is 0 Å². The van der Waals surface area contributed by atoms with Crippen LogP contribution in [0, 0.1) is 0 Å². The van der Waals surface area contributed by atoms with Gasteiger partial charge in [-0.2, -0.15) is 13.2 Å². The number of hydrogen-bond donors (Lipinski definition) is 1. The van der Waals surface area contributed by atoms with E-state index in [1.54, 1.807) is 0 Å². The minimum Gasteiger partial charge on any atom is -0.478 e. The lowest BCUT2D eigenvalue weighted by Crippen LogP contribution is -2.23. The zero-order valence-corrected chi connectivity index (χ0v) is 12.8. The van der Waals surface area contributed by atoms with Crippen LogP contribution in [0.5, 0.6) is 0 Å². The smallest absolute Gasteiger partial charge is 0.478 e. The summed E-state index contributed by atoms with van der Waals surface area (Å²) in [6.07, 6.45) is 0. The minimum absolute atomic E-state index is 0.00322. The van der Waals surface area contributed by atoms with Crippen LogP contribution in [0.4, 0.5) is 13.2 Å². The molecular formula is C10H7F3N4O4S2. The maximum Gasteiger partial charge on any atom is 0.501 e. The van der Waals surface area contributed by atoms with Gasteiger partial charge in [0, 0.05) is 11.9 Å². The number of halogens is 3. The molecule has 1 N–H and O–H groups in total. The number of aryl methyl sites for hydroxylation is 1. The van der Waals surface area contributed by atoms with E-state index in [0.717, 1.165) is 17.8 Å². The van der Waals surface area contributed by atoms with Crippen molar-refractivity contribution in [3.05, 3.63) is 23.8 Å². The monoisotopic (exact) mass is 368 g/mol. The Hall–Kier alpha value is -2.15. The van der Waals surface area contributed by atoms with E-state index in [0.29, 0.717) is 12.1 Å². The van der Waals surface area contributed by atoms with Gasteiger partial charge in [0.05, 0.1) is 10.5 Å². The van der Waals surface area contributed by atoms with Crippen LogP contribution in [0.1, 0.15) is 10.4 Å². The Morgan fingerprint density at radius 2 is 2.00 bits per heavy atom. The first kappa shape index (κ1) is 17.2. The maximum atomic E-state index is 12.5. The van der Waals surface area contributed by atoms with Gasteiger partial charge >= 0.3 is 11.5 Å². The van der Waals surface area contributed by atoms with E-state index in [-0.39, 0.29) is 10.1 Å². The molecule has 0 aliphatic rings. The second-order valence-electron chi connectivity index (χ2n) is 4.10. The summed E-state index contributed by atoms with van der Waals surface area (Å²) in [4.78, 5) is 10.1. The third-order valence-electron chi connectivity index (χ3n) is 2.58. The highest BCUT2D eigenvalue weighted by Crippen LogP contribution is 2.34. The van der Waals surface area contributed by atoms with Crippen molar-refractivity contribution in [2.24, 2.45) is 7.05 Å². The highest BCUT2D eigenvalue weighted by atomic mass is 32.2. The summed E-state index contributed by atoms with van der Waals surface area (Å²) in [6, 6.07) is 2.10. The van der Waals surface area contributed by atoms with Crippen molar-refractivity contribution in [2.45, 2.75) is 20.5 Å². The van der Waals surface area contributed by atoms with Gasteiger partial charge in [-0.1, -0.05) is 0 Å². The topological polar surface area (TPSA) is 115 Å². The highest BCUT2D eigenvalue weighted by Gasteiger charge is 2.47. The maximum absolute atomic E-state index is 12.5. The summed E-state index contributed by atoms with van der Waals surface area (Å²) < 4.78 is 61.5. The number of sulfone groups is 1. The van der Waals surface area contributed by atoms with Gasteiger partial charge in [0.1, 0.15) is 0 Å². The molecule has 124 valence electrons. The first-order valence-electron chi connectivity index (χ1n) is 5.63. The van der Waals surface area contributed by atoms with E-state index in [1.807, 2.05) is 0 Å². The van der Waals surface area contributed by atoms with E-state index >= 15 is 0 Å². The Labute approximate surface area is 131 Å². The van der Waals surface area contributed by atoms with E-state index in [2.05, 4.69) is 15.5 Å². The standard InChI is InChI=1S/C10H7F3N4O4S2/c1-17-9(14-15-16-17)22-7-3-2-5(4-6(7)8(18)19)23(20,21)10(11,12)13/h2-4H,1H3,(H,18,19). The second kappa shape index (κ2) is 5.81. The molecule has 1 aromatic heterocycles. The first-order valence-corrected chi connectivity index (χ1v) is 7.93. The number of carboxylic acids is 1. The summed E-state index contributed by atoms with van der Waals surface area (Å²) in [7, 11) is -4.16. The lowest BCUT2D eigenvalue weighted by molar-refractivity contribution is -0.0436. The molecule has 0 unspecified atom stereocenters. The molecule has 0 aliphatic heterocycles.